The van der Waals surface area contributed by atoms with Crippen molar-refractivity contribution in [3.63, 3.8) is 0 Å². The summed E-state index contributed by atoms with van der Waals surface area (Å²) in [5.74, 6) is 1.14. The Balaban J connectivity index is 2.52. The van der Waals surface area contributed by atoms with Gasteiger partial charge < -0.3 is 5.32 Å². The topological polar surface area (TPSA) is 24.9 Å². The van der Waals surface area contributed by atoms with E-state index < -0.39 is 0 Å². The van der Waals surface area contributed by atoms with Crippen LogP contribution in [0.1, 0.15) is 36.3 Å². The van der Waals surface area contributed by atoms with Crippen LogP contribution in [0, 0.1) is 13.8 Å². The molecule has 4 heteroatoms. The highest BCUT2D eigenvalue weighted by atomic mass is 32.2. The number of nitrogens with one attached hydrogen (secondary N) is 1. The standard InChI is InChI=1S/C13H24N2S2/c1-9-10(2)17-12(15-9)7-11(14-6)8-16-13(3,4)5/h11,14H,7-8H2,1-6H3. The maximum Gasteiger partial charge on any atom is 0.0946 e. The zero-order valence-corrected chi connectivity index (χ0v) is 13.4. The number of nitrogens with zero attached hydrogens (tertiary/aromatic N) is 1. The highest BCUT2D eigenvalue weighted by Gasteiger charge is 2.16. The second-order valence-corrected chi connectivity index (χ2v) is 8.50. The second kappa shape index (κ2) is 6.21. The minimum atomic E-state index is 0.337. The molecule has 0 saturated heterocycles. The molecule has 0 aliphatic rings. The van der Waals surface area contributed by atoms with E-state index in [0.29, 0.717) is 10.8 Å². The number of rotatable bonds is 5. The highest BCUT2D eigenvalue weighted by molar-refractivity contribution is 8.00. The van der Waals surface area contributed by atoms with E-state index in [1.807, 2.05) is 30.1 Å². The van der Waals surface area contributed by atoms with Crippen LogP contribution in [0.25, 0.3) is 0 Å². The summed E-state index contributed by atoms with van der Waals surface area (Å²) in [6, 6.07) is 0.518. The molecule has 1 aromatic rings. The van der Waals surface area contributed by atoms with Crippen LogP contribution in [-0.2, 0) is 6.42 Å². The van der Waals surface area contributed by atoms with Crippen LogP contribution in [0.2, 0.25) is 0 Å². The van der Waals surface area contributed by atoms with E-state index in [4.69, 9.17) is 0 Å². The fourth-order valence-electron chi connectivity index (χ4n) is 1.43. The zero-order valence-electron chi connectivity index (χ0n) is 11.8. The number of likely N-dealkylation sites (N-methyl/N-ethyl adjacent to an activating group) is 1. The summed E-state index contributed by atoms with van der Waals surface area (Å²) < 4.78 is 0.337. The first-order chi connectivity index (χ1) is 7.81. The number of aryl methyl sites for hydroxylation is 2. The largest absolute Gasteiger partial charge is 0.316 e. The Labute approximate surface area is 114 Å². The van der Waals surface area contributed by atoms with E-state index in [1.165, 1.54) is 15.6 Å². The quantitative estimate of drug-likeness (QED) is 0.889. The van der Waals surface area contributed by atoms with Gasteiger partial charge in [0.2, 0.25) is 0 Å². The van der Waals surface area contributed by atoms with Gasteiger partial charge in [-0.05, 0) is 20.9 Å². The molecule has 1 aromatic heterocycles. The summed E-state index contributed by atoms with van der Waals surface area (Å²) >= 11 is 3.84. The zero-order chi connectivity index (χ0) is 13.1. The molecule has 98 valence electrons. The summed E-state index contributed by atoms with van der Waals surface area (Å²) in [4.78, 5) is 5.96. The lowest BCUT2D eigenvalue weighted by Crippen LogP contribution is -2.31. The fraction of sp³-hybridized carbons (Fsp3) is 0.769. The molecule has 0 radical (unpaired) electrons. The number of thiazole rings is 1. The molecule has 0 aliphatic heterocycles. The van der Waals surface area contributed by atoms with E-state index >= 15 is 0 Å². The fourth-order valence-corrected chi connectivity index (χ4v) is 3.43. The molecular formula is C13H24N2S2. The molecule has 1 unspecified atom stereocenters. The SMILES string of the molecule is CNC(CSC(C)(C)C)Cc1nc(C)c(C)s1. The van der Waals surface area contributed by atoms with Gasteiger partial charge in [-0.15, -0.1) is 11.3 Å². The molecule has 0 bridgehead atoms. The molecule has 0 amide bonds. The van der Waals surface area contributed by atoms with Crippen molar-refractivity contribution in [2.75, 3.05) is 12.8 Å². The van der Waals surface area contributed by atoms with Crippen LogP contribution in [0.4, 0.5) is 0 Å². The van der Waals surface area contributed by atoms with Crippen molar-refractivity contribution >= 4 is 23.1 Å². The molecule has 17 heavy (non-hydrogen) atoms. The van der Waals surface area contributed by atoms with Crippen molar-refractivity contribution in [2.45, 2.75) is 51.8 Å². The van der Waals surface area contributed by atoms with Gasteiger partial charge in [0.15, 0.2) is 0 Å². The Morgan fingerprint density at radius 2 is 2.00 bits per heavy atom. The van der Waals surface area contributed by atoms with Crippen LogP contribution in [0.5, 0.6) is 0 Å². The van der Waals surface area contributed by atoms with E-state index in [2.05, 4.69) is 44.9 Å². The van der Waals surface area contributed by atoms with Gasteiger partial charge in [-0.3, -0.25) is 0 Å². The predicted molar refractivity (Wildman–Crippen MR) is 80.4 cm³/mol. The van der Waals surface area contributed by atoms with E-state index in [1.54, 1.807) is 0 Å². The molecular weight excluding hydrogens is 248 g/mol. The van der Waals surface area contributed by atoms with Crippen molar-refractivity contribution < 1.29 is 0 Å². The number of thioether (sulfide) groups is 1. The molecule has 1 rings (SSSR count). The van der Waals surface area contributed by atoms with Crippen LogP contribution in [0.3, 0.4) is 0 Å². The maximum atomic E-state index is 4.61. The van der Waals surface area contributed by atoms with Gasteiger partial charge in [-0.25, -0.2) is 4.98 Å². The Morgan fingerprint density at radius 3 is 2.41 bits per heavy atom. The summed E-state index contributed by atoms with van der Waals surface area (Å²) in [5, 5.41) is 4.66. The average molecular weight is 272 g/mol. The first-order valence-corrected chi connectivity index (χ1v) is 7.86. The summed E-state index contributed by atoms with van der Waals surface area (Å²) in [7, 11) is 2.04. The molecule has 0 fully saturated rings. The van der Waals surface area contributed by atoms with E-state index in [0.717, 1.165) is 12.2 Å². The van der Waals surface area contributed by atoms with Gasteiger partial charge in [0.05, 0.1) is 10.7 Å². The Hall–Kier alpha value is -0.0600. The lowest BCUT2D eigenvalue weighted by molar-refractivity contribution is 0.611. The van der Waals surface area contributed by atoms with Gasteiger partial charge in [0.25, 0.3) is 0 Å². The highest BCUT2D eigenvalue weighted by Crippen LogP contribution is 2.25. The summed E-state index contributed by atoms with van der Waals surface area (Å²) in [6.07, 6.45) is 1.04. The van der Waals surface area contributed by atoms with Crippen molar-refractivity contribution in [1.29, 1.82) is 0 Å². The molecule has 0 saturated carbocycles. The third-order valence-electron chi connectivity index (χ3n) is 2.62. The normalized spacial score (nSPS) is 14.0. The molecule has 0 aliphatic carbocycles. The lowest BCUT2D eigenvalue weighted by Gasteiger charge is -2.22. The third-order valence-corrected chi connectivity index (χ3v) is 5.15. The Bertz CT molecular complexity index is 333. The number of hydrogen-bond acceptors (Lipinski definition) is 4. The minimum Gasteiger partial charge on any atom is -0.316 e. The summed E-state index contributed by atoms with van der Waals surface area (Å²) in [5.41, 5.74) is 1.18. The minimum absolute atomic E-state index is 0.337. The van der Waals surface area contributed by atoms with Crippen molar-refractivity contribution in [1.82, 2.24) is 10.3 Å². The third kappa shape index (κ3) is 5.40. The van der Waals surface area contributed by atoms with Crippen LogP contribution in [0.15, 0.2) is 0 Å². The van der Waals surface area contributed by atoms with Crippen LogP contribution >= 0.6 is 23.1 Å². The number of hydrogen-bond donors (Lipinski definition) is 1. The molecule has 0 spiro atoms. The van der Waals surface area contributed by atoms with Crippen molar-refractivity contribution in [2.24, 2.45) is 0 Å². The first kappa shape index (κ1) is 15.0. The van der Waals surface area contributed by atoms with E-state index in [9.17, 15) is 0 Å². The van der Waals surface area contributed by atoms with Gasteiger partial charge in [-0.2, -0.15) is 11.8 Å². The van der Waals surface area contributed by atoms with Crippen molar-refractivity contribution in [3.05, 3.63) is 15.6 Å². The summed E-state index contributed by atoms with van der Waals surface area (Å²) in [6.45, 7) is 11.0. The Kier molecular flexibility index (Phi) is 5.48. The molecule has 1 N–H and O–H groups in total. The van der Waals surface area contributed by atoms with Crippen LogP contribution < -0.4 is 5.32 Å². The smallest absolute Gasteiger partial charge is 0.0946 e. The molecule has 0 aromatic carbocycles. The first-order valence-electron chi connectivity index (χ1n) is 6.06. The Morgan fingerprint density at radius 1 is 1.35 bits per heavy atom. The van der Waals surface area contributed by atoms with E-state index in [-0.39, 0.29) is 0 Å². The molecule has 1 atom stereocenters. The monoisotopic (exact) mass is 272 g/mol. The predicted octanol–water partition coefficient (Wildman–Crippen LogP) is 3.42. The van der Waals surface area contributed by atoms with Gasteiger partial charge in [0, 0.05) is 27.8 Å². The van der Waals surface area contributed by atoms with Gasteiger partial charge in [0.1, 0.15) is 0 Å². The lowest BCUT2D eigenvalue weighted by atomic mass is 10.2. The maximum absolute atomic E-state index is 4.61. The number of aromatic nitrogens is 1. The molecule has 1 heterocycles. The average Bonchev–Trinajstić information content (AvgIpc) is 2.51. The van der Waals surface area contributed by atoms with Gasteiger partial charge in [-0.1, -0.05) is 20.8 Å². The van der Waals surface area contributed by atoms with Crippen LogP contribution in [-0.4, -0.2) is 28.6 Å². The van der Waals surface area contributed by atoms with Crippen molar-refractivity contribution in [3.8, 4) is 0 Å². The molecule has 2 nitrogen and oxygen atoms in total. The van der Waals surface area contributed by atoms with Gasteiger partial charge >= 0.3 is 0 Å². The second-order valence-electron chi connectivity index (χ2n) is 5.36.